The average Bonchev–Trinajstić information content (AvgIpc) is 2.38. The molecule has 19 heavy (non-hydrogen) atoms. The van der Waals surface area contributed by atoms with Crippen LogP contribution in [-0.4, -0.2) is 52.8 Å². The molecule has 0 bridgehead atoms. The minimum absolute atomic E-state index is 0.121. The highest BCUT2D eigenvalue weighted by atomic mass is 16.5. The van der Waals surface area contributed by atoms with Gasteiger partial charge in [-0.1, -0.05) is 12.1 Å². The van der Waals surface area contributed by atoms with Gasteiger partial charge in [0, 0.05) is 26.3 Å². The van der Waals surface area contributed by atoms with Gasteiger partial charge in [-0.2, -0.15) is 0 Å². The van der Waals surface area contributed by atoms with Gasteiger partial charge in [-0.25, -0.2) is 4.79 Å². The number of hydrogen-bond donors (Lipinski definition) is 1. The summed E-state index contributed by atoms with van der Waals surface area (Å²) in [4.78, 5) is 15.3. The predicted molar refractivity (Wildman–Crippen MR) is 77.6 cm³/mol. The number of likely N-dealkylation sites (N-methyl/N-ethyl adjacent to an activating group) is 1. The van der Waals surface area contributed by atoms with E-state index in [0.29, 0.717) is 6.54 Å². The number of ether oxygens (including phenoxy) is 1. The molecule has 0 heterocycles. The molecule has 0 saturated carbocycles. The molecule has 5 heteroatoms. The molecule has 1 aromatic rings. The Morgan fingerprint density at radius 3 is 2.21 bits per heavy atom. The number of amides is 1. The highest BCUT2D eigenvalue weighted by molar-refractivity contribution is 5.66. The molecule has 0 saturated heterocycles. The maximum absolute atomic E-state index is 11.2. The standard InChI is InChI=1S/C14H23N3O2/c1-16(2)12-8-6-11(7-9-12)13(17(3)4)10-15-14(18)19-5/h6-9,13H,10H2,1-5H3,(H,15,18)/t13-/m1/s1. The van der Waals surface area contributed by atoms with E-state index in [9.17, 15) is 4.79 Å². The van der Waals surface area contributed by atoms with Gasteiger partial charge in [0.25, 0.3) is 0 Å². The van der Waals surface area contributed by atoms with Gasteiger partial charge in [-0.3, -0.25) is 0 Å². The van der Waals surface area contributed by atoms with Gasteiger partial charge in [-0.15, -0.1) is 0 Å². The summed E-state index contributed by atoms with van der Waals surface area (Å²) in [6.07, 6.45) is -0.406. The van der Waals surface area contributed by atoms with Crippen molar-refractivity contribution in [1.82, 2.24) is 10.2 Å². The van der Waals surface area contributed by atoms with Gasteiger partial charge in [0.2, 0.25) is 0 Å². The number of methoxy groups -OCH3 is 1. The van der Waals surface area contributed by atoms with Gasteiger partial charge in [-0.05, 0) is 31.8 Å². The fourth-order valence-electron chi connectivity index (χ4n) is 1.85. The molecule has 1 aromatic carbocycles. The van der Waals surface area contributed by atoms with Crippen LogP contribution >= 0.6 is 0 Å². The van der Waals surface area contributed by atoms with Crippen molar-refractivity contribution in [3.05, 3.63) is 29.8 Å². The number of anilines is 1. The largest absolute Gasteiger partial charge is 0.453 e. The molecule has 0 aliphatic heterocycles. The van der Waals surface area contributed by atoms with Crippen LogP contribution in [-0.2, 0) is 4.74 Å². The van der Waals surface area contributed by atoms with Gasteiger partial charge in [0.15, 0.2) is 0 Å². The zero-order valence-corrected chi connectivity index (χ0v) is 12.3. The molecule has 0 spiro atoms. The third kappa shape index (κ3) is 4.44. The van der Waals surface area contributed by atoms with Crippen molar-refractivity contribution in [3.63, 3.8) is 0 Å². The topological polar surface area (TPSA) is 44.8 Å². The highest BCUT2D eigenvalue weighted by Crippen LogP contribution is 2.20. The first kappa shape index (κ1) is 15.3. The lowest BCUT2D eigenvalue weighted by Gasteiger charge is -2.25. The first-order valence-electron chi connectivity index (χ1n) is 6.21. The lowest BCUT2D eigenvalue weighted by atomic mass is 10.1. The molecule has 1 rings (SSSR count). The van der Waals surface area contributed by atoms with E-state index in [4.69, 9.17) is 0 Å². The SMILES string of the molecule is COC(=O)NC[C@H](c1ccc(N(C)C)cc1)N(C)C. The Hall–Kier alpha value is -1.75. The fourth-order valence-corrected chi connectivity index (χ4v) is 1.85. The lowest BCUT2D eigenvalue weighted by molar-refractivity contribution is 0.166. The van der Waals surface area contributed by atoms with Crippen molar-refractivity contribution in [3.8, 4) is 0 Å². The first-order chi connectivity index (χ1) is 8.95. The van der Waals surface area contributed by atoms with Crippen LogP contribution in [0.3, 0.4) is 0 Å². The van der Waals surface area contributed by atoms with Crippen LogP contribution in [0.15, 0.2) is 24.3 Å². The van der Waals surface area contributed by atoms with E-state index in [1.165, 1.54) is 7.11 Å². The van der Waals surface area contributed by atoms with Crippen molar-refractivity contribution in [2.75, 3.05) is 46.7 Å². The Morgan fingerprint density at radius 1 is 1.21 bits per heavy atom. The Balaban J connectivity index is 2.78. The summed E-state index contributed by atoms with van der Waals surface area (Å²) < 4.78 is 4.59. The average molecular weight is 265 g/mol. The maximum Gasteiger partial charge on any atom is 0.406 e. The summed E-state index contributed by atoms with van der Waals surface area (Å²) in [5.74, 6) is 0. The molecule has 0 fully saturated rings. The van der Waals surface area contributed by atoms with Crippen LogP contribution in [0.5, 0.6) is 0 Å². The second-order valence-corrected chi connectivity index (χ2v) is 4.84. The molecule has 0 radical (unpaired) electrons. The van der Waals surface area contributed by atoms with Crippen LogP contribution in [0, 0.1) is 0 Å². The van der Waals surface area contributed by atoms with Crippen LogP contribution in [0.2, 0.25) is 0 Å². The molecule has 106 valence electrons. The second kappa shape index (κ2) is 6.99. The minimum Gasteiger partial charge on any atom is -0.453 e. The third-order valence-corrected chi connectivity index (χ3v) is 3.04. The van der Waals surface area contributed by atoms with Crippen molar-refractivity contribution < 1.29 is 9.53 Å². The number of alkyl carbamates (subject to hydrolysis) is 1. The summed E-state index contributed by atoms with van der Waals surface area (Å²) in [5, 5.41) is 2.74. The Bertz CT molecular complexity index is 402. The number of hydrogen-bond acceptors (Lipinski definition) is 4. The van der Waals surface area contributed by atoms with E-state index in [0.717, 1.165) is 11.3 Å². The zero-order valence-electron chi connectivity index (χ0n) is 12.3. The van der Waals surface area contributed by atoms with Crippen LogP contribution in [0.1, 0.15) is 11.6 Å². The molecule has 1 amide bonds. The second-order valence-electron chi connectivity index (χ2n) is 4.84. The van der Waals surface area contributed by atoms with Crippen molar-refractivity contribution in [2.24, 2.45) is 0 Å². The minimum atomic E-state index is -0.406. The van der Waals surface area contributed by atoms with Crippen LogP contribution in [0.25, 0.3) is 0 Å². The molecule has 1 N–H and O–H groups in total. The zero-order chi connectivity index (χ0) is 14.4. The molecule has 0 aromatic heterocycles. The van der Waals surface area contributed by atoms with Gasteiger partial charge < -0.3 is 19.9 Å². The predicted octanol–water partition coefficient (Wildman–Crippen LogP) is 1.71. The molecular formula is C14H23N3O2. The molecule has 0 aliphatic carbocycles. The number of carbonyl (C=O) groups is 1. The van der Waals surface area contributed by atoms with Crippen molar-refractivity contribution >= 4 is 11.8 Å². The van der Waals surface area contributed by atoms with Gasteiger partial charge >= 0.3 is 6.09 Å². The Kier molecular flexibility index (Phi) is 5.63. The van der Waals surface area contributed by atoms with E-state index in [-0.39, 0.29) is 6.04 Å². The van der Waals surface area contributed by atoms with E-state index in [1.807, 2.05) is 28.2 Å². The number of benzene rings is 1. The van der Waals surface area contributed by atoms with E-state index in [1.54, 1.807) is 0 Å². The van der Waals surface area contributed by atoms with E-state index >= 15 is 0 Å². The van der Waals surface area contributed by atoms with Gasteiger partial charge in [0.1, 0.15) is 0 Å². The maximum atomic E-state index is 11.2. The monoisotopic (exact) mass is 265 g/mol. The highest BCUT2D eigenvalue weighted by Gasteiger charge is 2.15. The lowest BCUT2D eigenvalue weighted by Crippen LogP contribution is -2.34. The molecular weight excluding hydrogens is 242 g/mol. The number of nitrogens with zero attached hydrogens (tertiary/aromatic N) is 2. The van der Waals surface area contributed by atoms with Crippen LogP contribution in [0.4, 0.5) is 10.5 Å². The van der Waals surface area contributed by atoms with E-state index in [2.05, 4.69) is 44.1 Å². The third-order valence-electron chi connectivity index (χ3n) is 3.04. The fraction of sp³-hybridized carbons (Fsp3) is 0.500. The number of nitrogens with one attached hydrogen (secondary N) is 1. The number of rotatable bonds is 5. The van der Waals surface area contributed by atoms with Crippen LogP contribution < -0.4 is 10.2 Å². The quantitative estimate of drug-likeness (QED) is 0.880. The number of carbonyl (C=O) groups excluding carboxylic acids is 1. The molecule has 0 unspecified atom stereocenters. The first-order valence-corrected chi connectivity index (χ1v) is 6.21. The summed E-state index contributed by atoms with van der Waals surface area (Å²) in [5.41, 5.74) is 2.31. The summed E-state index contributed by atoms with van der Waals surface area (Å²) >= 11 is 0. The van der Waals surface area contributed by atoms with Gasteiger partial charge in [0.05, 0.1) is 13.2 Å². The Morgan fingerprint density at radius 2 is 1.79 bits per heavy atom. The molecule has 5 nitrogen and oxygen atoms in total. The van der Waals surface area contributed by atoms with Crippen molar-refractivity contribution in [1.29, 1.82) is 0 Å². The molecule has 1 atom stereocenters. The summed E-state index contributed by atoms with van der Waals surface area (Å²) in [7, 11) is 9.37. The van der Waals surface area contributed by atoms with E-state index < -0.39 is 6.09 Å². The van der Waals surface area contributed by atoms with Crippen molar-refractivity contribution in [2.45, 2.75) is 6.04 Å². The molecule has 0 aliphatic rings. The summed E-state index contributed by atoms with van der Waals surface area (Å²) in [6.45, 7) is 0.515. The Labute approximate surface area is 115 Å². The smallest absolute Gasteiger partial charge is 0.406 e. The normalized spacial score (nSPS) is 12.1. The summed E-state index contributed by atoms with van der Waals surface area (Å²) in [6, 6.07) is 8.43.